The predicted octanol–water partition coefficient (Wildman–Crippen LogP) is 4.21. The van der Waals surface area contributed by atoms with Crippen molar-refractivity contribution in [3.8, 4) is 16.9 Å². The lowest BCUT2D eigenvalue weighted by Gasteiger charge is -2.32. The second kappa shape index (κ2) is 8.20. The van der Waals surface area contributed by atoms with Gasteiger partial charge in [-0.15, -0.1) is 0 Å². The molecule has 4 rings (SSSR count). The summed E-state index contributed by atoms with van der Waals surface area (Å²) in [7, 11) is 3.41. The standard InChI is InChI=1S/C22H27ClN4O2/c1-4-14-5-7-27(8-6-14)13-18-19(23)9-15(10-20(18)29-3)17-12-26(2)22(28)21-16(17)11-24-25-21/h9-12,14H,4-8,13H2,1-3H3,(H,24,25). The van der Waals surface area contributed by atoms with Crippen molar-refractivity contribution in [3.05, 3.63) is 45.5 Å². The van der Waals surface area contributed by atoms with E-state index < -0.39 is 0 Å². The molecule has 0 aliphatic carbocycles. The summed E-state index contributed by atoms with van der Waals surface area (Å²) in [6, 6.07) is 3.97. The Morgan fingerprint density at radius 3 is 2.76 bits per heavy atom. The van der Waals surface area contributed by atoms with E-state index in [9.17, 15) is 4.79 Å². The van der Waals surface area contributed by atoms with E-state index in [4.69, 9.17) is 16.3 Å². The van der Waals surface area contributed by atoms with Gasteiger partial charge in [0, 0.05) is 41.3 Å². The number of aryl methyl sites for hydroxylation is 1. The van der Waals surface area contributed by atoms with Crippen LogP contribution in [0.15, 0.2) is 29.3 Å². The van der Waals surface area contributed by atoms with Gasteiger partial charge in [-0.05, 0) is 49.5 Å². The van der Waals surface area contributed by atoms with Gasteiger partial charge in [0.2, 0.25) is 0 Å². The van der Waals surface area contributed by atoms with Crippen molar-refractivity contribution in [1.82, 2.24) is 19.7 Å². The molecule has 1 saturated heterocycles. The SMILES string of the molecule is CCC1CCN(Cc2c(Cl)cc(-c3cn(C)c(=O)c4[nH]ncc34)cc2OC)CC1. The molecule has 1 fully saturated rings. The van der Waals surface area contributed by atoms with Crippen molar-refractivity contribution in [2.24, 2.45) is 13.0 Å². The number of H-pyrrole nitrogens is 1. The van der Waals surface area contributed by atoms with Crippen molar-refractivity contribution in [2.75, 3.05) is 20.2 Å². The first kappa shape index (κ1) is 20.0. The number of pyridine rings is 1. The summed E-state index contributed by atoms with van der Waals surface area (Å²) < 4.78 is 7.27. The summed E-state index contributed by atoms with van der Waals surface area (Å²) in [6.07, 6.45) is 7.24. The summed E-state index contributed by atoms with van der Waals surface area (Å²) >= 11 is 6.74. The Labute approximate surface area is 175 Å². The molecular formula is C22H27ClN4O2. The molecular weight excluding hydrogens is 388 g/mol. The number of hydrogen-bond donors (Lipinski definition) is 1. The zero-order valence-corrected chi connectivity index (χ0v) is 17.9. The number of rotatable bonds is 5. The van der Waals surface area contributed by atoms with Gasteiger partial charge in [0.15, 0.2) is 0 Å². The lowest BCUT2D eigenvalue weighted by Crippen LogP contribution is -2.33. The quantitative estimate of drug-likeness (QED) is 0.679. The molecule has 3 heterocycles. The maximum atomic E-state index is 12.3. The molecule has 29 heavy (non-hydrogen) atoms. The van der Waals surface area contributed by atoms with Crippen LogP contribution < -0.4 is 10.3 Å². The number of likely N-dealkylation sites (tertiary alicyclic amines) is 1. The molecule has 0 amide bonds. The minimum atomic E-state index is -0.105. The van der Waals surface area contributed by atoms with Gasteiger partial charge in [-0.2, -0.15) is 5.10 Å². The maximum Gasteiger partial charge on any atom is 0.276 e. The molecule has 1 aromatic carbocycles. The highest BCUT2D eigenvalue weighted by Crippen LogP contribution is 2.36. The zero-order valence-electron chi connectivity index (χ0n) is 17.2. The number of aromatic amines is 1. The van der Waals surface area contributed by atoms with E-state index in [1.165, 1.54) is 19.3 Å². The molecule has 0 spiro atoms. The van der Waals surface area contributed by atoms with E-state index in [0.29, 0.717) is 10.5 Å². The fraction of sp³-hybridized carbons (Fsp3) is 0.455. The number of benzene rings is 1. The van der Waals surface area contributed by atoms with Crippen LogP contribution in [0, 0.1) is 5.92 Å². The molecule has 0 radical (unpaired) electrons. The number of fused-ring (bicyclic) bond motifs is 1. The second-order valence-electron chi connectivity index (χ2n) is 7.88. The number of piperidine rings is 1. The largest absolute Gasteiger partial charge is 0.496 e. The van der Waals surface area contributed by atoms with E-state index >= 15 is 0 Å². The fourth-order valence-electron chi connectivity index (χ4n) is 4.26. The van der Waals surface area contributed by atoms with E-state index in [-0.39, 0.29) is 5.56 Å². The van der Waals surface area contributed by atoms with E-state index in [1.54, 1.807) is 24.9 Å². The van der Waals surface area contributed by atoms with Crippen molar-refractivity contribution in [1.29, 1.82) is 0 Å². The van der Waals surface area contributed by atoms with Gasteiger partial charge in [-0.25, -0.2) is 0 Å². The van der Waals surface area contributed by atoms with Crippen molar-refractivity contribution < 1.29 is 4.74 Å². The van der Waals surface area contributed by atoms with Crippen LogP contribution in [0.3, 0.4) is 0 Å². The Kier molecular flexibility index (Phi) is 5.65. The molecule has 2 aromatic heterocycles. The van der Waals surface area contributed by atoms with Crippen LogP contribution in [0.4, 0.5) is 0 Å². The average molecular weight is 415 g/mol. The molecule has 1 N–H and O–H groups in total. The topological polar surface area (TPSA) is 63.2 Å². The number of aromatic nitrogens is 3. The van der Waals surface area contributed by atoms with Crippen LogP contribution in [0.2, 0.25) is 5.02 Å². The number of ether oxygens (including phenoxy) is 1. The number of halogens is 1. The Bertz CT molecular complexity index is 1080. The van der Waals surface area contributed by atoms with Crippen LogP contribution in [0.5, 0.6) is 5.75 Å². The average Bonchev–Trinajstić information content (AvgIpc) is 3.22. The van der Waals surface area contributed by atoms with Crippen LogP contribution in [-0.4, -0.2) is 39.9 Å². The minimum absolute atomic E-state index is 0.105. The third-order valence-corrected chi connectivity index (χ3v) is 6.48. The lowest BCUT2D eigenvalue weighted by molar-refractivity contribution is 0.173. The predicted molar refractivity (Wildman–Crippen MR) is 117 cm³/mol. The van der Waals surface area contributed by atoms with E-state index in [2.05, 4.69) is 22.0 Å². The number of hydrogen-bond acceptors (Lipinski definition) is 4. The van der Waals surface area contributed by atoms with Gasteiger partial charge < -0.3 is 9.30 Å². The summed E-state index contributed by atoms with van der Waals surface area (Å²) in [5, 5.41) is 8.32. The molecule has 0 saturated carbocycles. The maximum absolute atomic E-state index is 12.3. The van der Waals surface area contributed by atoms with Gasteiger partial charge in [0.05, 0.1) is 13.3 Å². The molecule has 6 nitrogen and oxygen atoms in total. The number of nitrogens with zero attached hydrogens (tertiary/aromatic N) is 3. The Morgan fingerprint density at radius 2 is 2.07 bits per heavy atom. The van der Waals surface area contributed by atoms with Gasteiger partial charge in [-0.3, -0.25) is 14.8 Å². The molecule has 7 heteroatoms. The third-order valence-electron chi connectivity index (χ3n) is 6.14. The number of methoxy groups -OCH3 is 1. The minimum Gasteiger partial charge on any atom is -0.496 e. The van der Waals surface area contributed by atoms with Crippen LogP contribution >= 0.6 is 11.6 Å². The van der Waals surface area contributed by atoms with Gasteiger partial charge >= 0.3 is 0 Å². The summed E-state index contributed by atoms with van der Waals surface area (Å²) in [4.78, 5) is 14.8. The van der Waals surface area contributed by atoms with Crippen molar-refractivity contribution >= 4 is 22.5 Å². The highest BCUT2D eigenvalue weighted by Gasteiger charge is 2.21. The first-order valence-electron chi connectivity index (χ1n) is 10.1. The smallest absolute Gasteiger partial charge is 0.276 e. The summed E-state index contributed by atoms with van der Waals surface area (Å²) in [5.41, 5.74) is 3.20. The lowest BCUT2D eigenvalue weighted by atomic mass is 9.94. The zero-order chi connectivity index (χ0) is 20.5. The molecule has 0 atom stereocenters. The molecule has 1 aliphatic heterocycles. The van der Waals surface area contributed by atoms with E-state index in [0.717, 1.165) is 53.4 Å². The molecule has 0 bridgehead atoms. The molecule has 1 aliphatic rings. The highest BCUT2D eigenvalue weighted by molar-refractivity contribution is 6.32. The van der Waals surface area contributed by atoms with Crippen molar-refractivity contribution in [2.45, 2.75) is 32.7 Å². The first-order chi connectivity index (χ1) is 14.0. The van der Waals surface area contributed by atoms with Gasteiger partial charge in [-0.1, -0.05) is 24.9 Å². The van der Waals surface area contributed by atoms with Crippen molar-refractivity contribution in [3.63, 3.8) is 0 Å². The second-order valence-corrected chi connectivity index (χ2v) is 8.29. The Morgan fingerprint density at radius 1 is 1.31 bits per heavy atom. The fourth-order valence-corrected chi connectivity index (χ4v) is 4.53. The normalized spacial score (nSPS) is 15.9. The van der Waals surface area contributed by atoms with Crippen LogP contribution in [0.25, 0.3) is 22.0 Å². The third kappa shape index (κ3) is 3.79. The molecule has 154 valence electrons. The highest BCUT2D eigenvalue weighted by atomic mass is 35.5. The molecule has 3 aromatic rings. The Balaban J connectivity index is 1.70. The summed E-state index contributed by atoms with van der Waals surface area (Å²) in [5.74, 6) is 1.61. The Hall–Kier alpha value is -2.31. The first-order valence-corrected chi connectivity index (χ1v) is 10.5. The summed E-state index contributed by atoms with van der Waals surface area (Å²) in [6.45, 7) is 5.24. The monoisotopic (exact) mass is 414 g/mol. The van der Waals surface area contributed by atoms with Crippen LogP contribution in [0.1, 0.15) is 31.7 Å². The number of nitrogens with one attached hydrogen (secondary N) is 1. The molecule has 0 unspecified atom stereocenters. The van der Waals surface area contributed by atoms with Crippen LogP contribution in [-0.2, 0) is 13.6 Å². The van der Waals surface area contributed by atoms with E-state index in [1.807, 2.05) is 18.3 Å². The van der Waals surface area contributed by atoms with Gasteiger partial charge in [0.25, 0.3) is 5.56 Å². The van der Waals surface area contributed by atoms with Gasteiger partial charge in [0.1, 0.15) is 11.3 Å².